The van der Waals surface area contributed by atoms with Gasteiger partial charge in [0, 0.05) is 30.8 Å². The number of carbonyl (C=O) groups is 4. The molecule has 3 fully saturated rings. The number of benzene rings is 1. The van der Waals surface area contributed by atoms with E-state index in [-0.39, 0.29) is 37.6 Å². The minimum Gasteiger partial charge on any atom is -0.493 e. The van der Waals surface area contributed by atoms with E-state index in [0.717, 1.165) is 18.7 Å². The van der Waals surface area contributed by atoms with E-state index >= 15 is 13.6 Å². The zero-order valence-corrected chi connectivity index (χ0v) is 34.6. The number of hydrogen-bond acceptors (Lipinski definition) is 10. The van der Waals surface area contributed by atoms with Crippen LogP contribution in [-0.2, 0) is 24.4 Å². The molecule has 318 valence electrons. The number of carbonyl (C=O) groups excluding carboxylic acids is 3. The van der Waals surface area contributed by atoms with E-state index in [1.54, 1.807) is 31.2 Å². The first-order valence-electron chi connectivity index (χ1n) is 19.6. The third kappa shape index (κ3) is 8.25. The fourth-order valence-electron chi connectivity index (χ4n) is 8.28. The number of amides is 4. The third-order valence-electron chi connectivity index (χ3n) is 12.2. The van der Waals surface area contributed by atoms with Gasteiger partial charge in [-0.15, -0.1) is 0 Å². The number of nitrogens with zero attached hydrogens (tertiary/aromatic N) is 3. The van der Waals surface area contributed by atoms with Crippen molar-refractivity contribution in [3.63, 3.8) is 0 Å². The minimum atomic E-state index is -4.00. The van der Waals surface area contributed by atoms with E-state index in [0.29, 0.717) is 59.8 Å². The number of ether oxygens (including phenoxy) is 3. The van der Waals surface area contributed by atoms with Crippen LogP contribution in [0.25, 0.3) is 10.8 Å². The van der Waals surface area contributed by atoms with Gasteiger partial charge in [-0.05, 0) is 87.8 Å². The van der Waals surface area contributed by atoms with Crippen LogP contribution in [0.4, 0.5) is 13.6 Å². The molecule has 58 heavy (non-hydrogen) atoms. The van der Waals surface area contributed by atoms with Crippen LogP contribution in [0.5, 0.6) is 17.4 Å². The average molecular weight is 834 g/mol. The number of pyridine rings is 1. The maximum atomic E-state index is 15.4. The summed E-state index contributed by atoms with van der Waals surface area (Å²) in [5.41, 5.74) is -4.03. The Labute approximate surface area is 336 Å². The second kappa shape index (κ2) is 15.8. The fourth-order valence-corrected chi connectivity index (χ4v) is 9.65. The van der Waals surface area contributed by atoms with Crippen molar-refractivity contribution in [1.82, 2.24) is 24.8 Å². The Morgan fingerprint density at radius 1 is 1.07 bits per heavy atom. The first-order chi connectivity index (χ1) is 27.1. The maximum Gasteiger partial charge on any atom is 0.408 e. The number of allylic oxidation sites excluding steroid dienone is 1. The van der Waals surface area contributed by atoms with Gasteiger partial charge in [0.2, 0.25) is 27.7 Å². The van der Waals surface area contributed by atoms with Crippen LogP contribution in [0.1, 0.15) is 79.6 Å². The first-order valence-corrected chi connectivity index (χ1v) is 21.1. The summed E-state index contributed by atoms with van der Waals surface area (Å²) in [7, 11) is -1.04. The highest BCUT2D eigenvalue weighted by molar-refractivity contribution is 7.91. The van der Waals surface area contributed by atoms with Crippen molar-refractivity contribution in [2.24, 2.45) is 17.8 Å². The van der Waals surface area contributed by atoms with Gasteiger partial charge in [-0.2, -0.15) is 0 Å². The van der Waals surface area contributed by atoms with Crippen molar-refractivity contribution in [3.05, 3.63) is 36.5 Å². The molecule has 3 heterocycles. The van der Waals surface area contributed by atoms with Crippen molar-refractivity contribution < 1.29 is 55.7 Å². The summed E-state index contributed by atoms with van der Waals surface area (Å²) in [5, 5.41) is 13.9. The largest absolute Gasteiger partial charge is 0.493 e. The molecule has 18 heteroatoms. The molecule has 1 aromatic carbocycles. The smallest absolute Gasteiger partial charge is 0.408 e. The van der Waals surface area contributed by atoms with Gasteiger partial charge < -0.3 is 29.5 Å². The average Bonchev–Trinajstić information content (AvgIpc) is 4.07. The number of hydrogen-bond donors (Lipinski definition) is 3. The zero-order chi connectivity index (χ0) is 42.5. The Morgan fingerprint density at radius 2 is 1.74 bits per heavy atom. The van der Waals surface area contributed by atoms with Crippen molar-refractivity contribution >= 4 is 44.6 Å². The predicted molar refractivity (Wildman–Crippen MR) is 208 cm³/mol. The lowest BCUT2D eigenvalue weighted by Crippen LogP contribution is -2.66. The summed E-state index contributed by atoms with van der Waals surface area (Å²) in [6.07, 6.45) is 4.57. The summed E-state index contributed by atoms with van der Waals surface area (Å²) < 4.78 is 76.1. The van der Waals surface area contributed by atoms with Gasteiger partial charge in [0.15, 0.2) is 11.5 Å². The van der Waals surface area contributed by atoms with Crippen LogP contribution in [0.3, 0.4) is 0 Å². The molecule has 1 aromatic heterocycles. The summed E-state index contributed by atoms with van der Waals surface area (Å²) in [4.78, 5) is 62.7. The quantitative estimate of drug-likeness (QED) is 0.277. The van der Waals surface area contributed by atoms with Crippen LogP contribution in [-0.4, -0.2) is 113 Å². The van der Waals surface area contributed by atoms with Crippen molar-refractivity contribution in [2.45, 2.75) is 120 Å². The Kier molecular flexibility index (Phi) is 11.7. The number of sulfonamides is 1. The number of halogens is 2. The SMILES string of the molecule is COc1cc2ccnc(O[C@@H]3C[C@H]4C(=O)N[C@]5(C(=O)NS(=O)(=O)C6CC6)C[C@H]5C=CCC[C@@H](C)C[C@@H](C)[C@H](N(C(=O)O)C(C)(C)C(C)(F)F)C(=O)N4C3)c2cc1OC. The Balaban J connectivity index is 1.43. The molecule has 4 amide bonds. The zero-order valence-electron chi connectivity index (χ0n) is 33.8. The van der Waals surface area contributed by atoms with E-state index in [4.69, 9.17) is 14.2 Å². The second-order valence-electron chi connectivity index (χ2n) is 16.8. The first kappa shape index (κ1) is 42.9. The van der Waals surface area contributed by atoms with Gasteiger partial charge in [-0.1, -0.05) is 26.0 Å². The molecule has 0 radical (unpaired) electrons. The summed E-state index contributed by atoms with van der Waals surface area (Å²) in [6, 6.07) is 2.06. The Morgan fingerprint density at radius 3 is 2.36 bits per heavy atom. The number of carboxylic acid groups (broad SMARTS) is 1. The highest BCUT2D eigenvalue weighted by Gasteiger charge is 2.62. The molecule has 15 nitrogen and oxygen atoms in total. The monoisotopic (exact) mass is 833 g/mol. The van der Waals surface area contributed by atoms with Crippen LogP contribution < -0.4 is 24.2 Å². The van der Waals surface area contributed by atoms with E-state index in [2.05, 4.69) is 15.0 Å². The number of fused-ring (bicyclic) bond motifs is 3. The topological polar surface area (TPSA) is 194 Å². The van der Waals surface area contributed by atoms with Crippen LogP contribution in [0.15, 0.2) is 36.5 Å². The van der Waals surface area contributed by atoms with Gasteiger partial charge in [-0.25, -0.2) is 27.0 Å². The molecular formula is C40H53F2N5O10S. The molecular weight excluding hydrogens is 781 g/mol. The number of aromatic nitrogens is 1. The highest BCUT2D eigenvalue weighted by Crippen LogP contribution is 2.47. The number of rotatable bonds is 10. The third-order valence-corrected chi connectivity index (χ3v) is 14.1. The molecule has 2 aliphatic heterocycles. The van der Waals surface area contributed by atoms with Crippen LogP contribution in [0, 0.1) is 17.8 Å². The van der Waals surface area contributed by atoms with Crippen molar-refractivity contribution in [2.75, 3.05) is 20.8 Å². The van der Waals surface area contributed by atoms with E-state index in [9.17, 15) is 27.9 Å². The van der Waals surface area contributed by atoms with Gasteiger partial charge in [0.1, 0.15) is 29.3 Å². The number of alkyl halides is 2. The molecule has 2 saturated carbocycles. The maximum absolute atomic E-state index is 15.4. The standard InChI is InChI=1S/C40H53F2N5O10S/c1-22-10-8-9-11-25-20-40(25,36(50)45-58(53,54)27-12-13-27)44-33(48)29-18-26(57-34-28-19-31(56-7)30(55-6)17-24(28)14-15-43-34)21-46(29)35(49)32(23(2)16-22)47(37(51)52)38(3,4)39(5,41)42/h9,11,14-15,17,19,22-23,25-27,29,32H,8,10,12-13,16,18,20-21H2,1-7H3,(H,44,48)(H,45,50)(H,51,52)/t22-,23-,25-,26-,29+,32+,40-/m1/s1. The van der Waals surface area contributed by atoms with Gasteiger partial charge in [0.05, 0.1) is 26.0 Å². The lowest BCUT2D eigenvalue weighted by molar-refractivity contribution is -0.156. The fraction of sp³-hybridized carbons (Fsp3) is 0.625. The number of nitrogens with one attached hydrogen (secondary N) is 2. The molecule has 4 aliphatic rings. The second-order valence-corrected chi connectivity index (χ2v) is 18.8. The molecule has 0 unspecified atom stereocenters. The molecule has 3 N–H and O–H groups in total. The normalized spacial score (nSPS) is 28.3. The van der Waals surface area contributed by atoms with E-state index < -0.39 is 86.1 Å². The number of methoxy groups -OCH3 is 2. The Bertz CT molecular complexity index is 2090. The van der Waals surface area contributed by atoms with E-state index in [1.807, 2.05) is 13.0 Å². The van der Waals surface area contributed by atoms with Gasteiger partial charge >= 0.3 is 6.09 Å². The highest BCUT2D eigenvalue weighted by atomic mass is 32.2. The van der Waals surface area contributed by atoms with Crippen LogP contribution >= 0.6 is 0 Å². The summed E-state index contributed by atoms with van der Waals surface area (Å²) in [5.74, 6) is -6.69. The molecule has 2 aromatic rings. The van der Waals surface area contributed by atoms with E-state index in [1.165, 1.54) is 20.4 Å². The lowest BCUT2D eigenvalue weighted by atomic mass is 9.84. The lowest BCUT2D eigenvalue weighted by Gasteiger charge is -2.47. The Hall–Kier alpha value is -4.74. The molecule has 6 rings (SSSR count). The molecule has 0 bridgehead atoms. The van der Waals surface area contributed by atoms with Gasteiger partial charge in [-0.3, -0.25) is 24.0 Å². The van der Waals surface area contributed by atoms with Gasteiger partial charge in [0.25, 0.3) is 11.8 Å². The molecule has 0 spiro atoms. The predicted octanol–water partition coefficient (Wildman–Crippen LogP) is 4.88. The van der Waals surface area contributed by atoms with Crippen LogP contribution in [0.2, 0.25) is 0 Å². The summed E-state index contributed by atoms with van der Waals surface area (Å²) in [6.45, 7) is 5.99. The minimum absolute atomic E-state index is 0.0921. The van der Waals surface area contributed by atoms with Crippen molar-refractivity contribution in [3.8, 4) is 17.4 Å². The van der Waals surface area contributed by atoms with Crippen molar-refractivity contribution in [1.29, 1.82) is 0 Å². The molecule has 2 aliphatic carbocycles. The molecule has 1 saturated heterocycles. The summed E-state index contributed by atoms with van der Waals surface area (Å²) >= 11 is 0. The molecule has 7 atom stereocenters.